The Morgan fingerprint density at radius 2 is 1.85 bits per heavy atom. The van der Waals surface area contributed by atoms with E-state index in [1.54, 1.807) is 22.7 Å². The van der Waals surface area contributed by atoms with E-state index in [1.165, 1.54) is 0 Å². The van der Waals surface area contributed by atoms with Crippen LogP contribution < -0.4 is 10.6 Å². The number of benzene rings is 1. The number of hydrogen-bond donors (Lipinski definition) is 2. The fraction of sp³-hybridized carbons (Fsp3) is 0.640. The minimum Gasteiger partial charge on any atom is -0.444 e. The maximum absolute atomic E-state index is 12.8. The summed E-state index contributed by atoms with van der Waals surface area (Å²) in [6.45, 7) is 11.8. The highest BCUT2D eigenvalue weighted by molar-refractivity contribution is 7.98. The number of thioether (sulfide) groups is 1. The molecular weight excluding hydrogens is 452 g/mol. The Labute approximate surface area is 208 Å². The van der Waals surface area contributed by atoms with Crippen molar-refractivity contribution in [3.05, 3.63) is 35.4 Å². The van der Waals surface area contributed by atoms with Gasteiger partial charge >= 0.3 is 6.09 Å². The Morgan fingerprint density at radius 1 is 1.15 bits per heavy atom. The minimum atomic E-state index is -0.558. The van der Waals surface area contributed by atoms with Crippen LogP contribution in [0.25, 0.3) is 0 Å². The third kappa shape index (κ3) is 9.93. The van der Waals surface area contributed by atoms with E-state index >= 15 is 0 Å². The van der Waals surface area contributed by atoms with E-state index in [4.69, 9.17) is 4.74 Å². The third-order valence-corrected chi connectivity index (χ3v) is 6.13. The highest BCUT2D eigenvalue weighted by Crippen LogP contribution is 2.12. The molecule has 9 heteroatoms. The Hall–Kier alpha value is -2.26. The maximum Gasteiger partial charge on any atom is 0.410 e. The van der Waals surface area contributed by atoms with Crippen molar-refractivity contribution in [1.29, 1.82) is 0 Å². The Bertz CT molecular complexity index is 819. The second-order valence-corrected chi connectivity index (χ2v) is 10.6. The van der Waals surface area contributed by atoms with Crippen LogP contribution in [0.1, 0.15) is 49.5 Å². The molecule has 2 N–H and O–H groups in total. The molecule has 0 aromatic heterocycles. The van der Waals surface area contributed by atoms with Gasteiger partial charge in [-0.1, -0.05) is 17.7 Å². The Morgan fingerprint density at radius 3 is 2.47 bits per heavy atom. The van der Waals surface area contributed by atoms with Crippen LogP contribution >= 0.6 is 11.8 Å². The first-order valence-corrected chi connectivity index (χ1v) is 13.3. The van der Waals surface area contributed by atoms with E-state index in [9.17, 15) is 14.4 Å². The molecule has 8 nitrogen and oxygen atoms in total. The van der Waals surface area contributed by atoms with Crippen molar-refractivity contribution >= 4 is 29.7 Å². The van der Waals surface area contributed by atoms with Crippen LogP contribution in [0.15, 0.2) is 24.3 Å². The van der Waals surface area contributed by atoms with Crippen LogP contribution in [0.4, 0.5) is 4.79 Å². The number of ether oxygens (including phenoxy) is 1. The fourth-order valence-electron chi connectivity index (χ4n) is 3.65. The van der Waals surface area contributed by atoms with Gasteiger partial charge < -0.3 is 20.3 Å². The number of aryl methyl sites for hydroxylation is 1. The van der Waals surface area contributed by atoms with Gasteiger partial charge in [0.25, 0.3) is 5.91 Å². The molecule has 2 rings (SSSR count). The number of rotatable bonds is 10. The molecule has 1 aromatic rings. The summed E-state index contributed by atoms with van der Waals surface area (Å²) in [4.78, 5) is 41.6. The number of amides is 3. The summed E-state index contributed by atoms with van der Waals surface area (Å²) in [5.74, 6) is 0.409. The predicted octanol–water partition coefficient (Wildman–Crippen LogP) is 2.91. The lowest BCUT2D eigenvalue weighted by Crippen LogP contribution is -2.50. The number of nitrogens with one attached hydrogen (secondary N) is 2. The monoisotopic (exact) mass is 492 g/mol. The highest BCUT2D eigenvalue weighted by atomic mass is 32.2. The van der Waals surface area contributed by atoms with Crippen molar-refractivity contribution in [3.63, 3.8) is 0 Å². The second kappa shape index (κ2) is 13.6. The molecule has 1 atom stereocenters. The van der Waals surface area contributed by atoms with E-state index < -0.39 is 11.6 Å². The smallest absolute Gasteiger partial charge is 0.410 e. The van der Waals surface area contributed by atoms with Gasteiger partial charge in [0.05, 0.1) is 0 Å². The molecule has 1 aliphatic rings. The normalized spacial score (nSPS) is 15.5. The quantitative estimate of drug-likeness (QED) is 0.488. The zero-order chi connectivity index (χ0) is 25.1. The van der Waals surface area contributed by atoms with E-state index in [1.807, 2.05) is 52.1 Å². The third-order valence-electron chi connectivity index (χ3n) is 5.49. The van der Waals surface area contributed by atoms with Crippen LogP contribution in [0.5, 0.6) is 0 Å². The minimum absolute atomic E-state index is 0.148. The van der Waals surface area contributed by atoms with Crippen molar-refractivity contribution < 1.29 is 19.1 Å². The summed E-state index contributed by atoms with van der Waals surface area (Å²) < 4.78 is 5.44. The van der Waals surface area contributed by atoms with Gasteiger partial charge in [-0.05, 0) is 71.2 Å². The van der Waals surface area contributed by atoms with Crippen molar-refractivity contribution in [2.45, 2.75) is 52.2 Å². The number of carbonyl (C=O) groups excluding carboxylic acids is 3. The summed E-state index contributed by atoms with van der Waals surface area (Å²) in [6.07, 6.45) is 3.11. The lowest BCUT2D eigenvalue weighted by Gasteiger charge is -2.35. The molecular formula is C25H40N4O4S. The summed E-state index contributed by atoms with van der Waals surface area (Å²) in [5, 5.41) is 5.87. The summed E-state index contributed by atoms with van der Waals surface area (Å²) in [6, 6.07) is 6.80. The SMILES string of the molecule is CSCCC(NC(=O)c1cccc(C)c1)C(=O)NCCCN1CCN(C(=O)OC(C)(C)C)CC1. The zero-order valence-electron chi connectivity index (χ0n) is 21.2. The molecule has 3 amide bonds. The average molecular weight is 493 g/mol. The maximum atomic E-state index is 12.8. The molecule has 190 valence electrons. The predicted molar refractivity (Wildman–Crippen MR) is 137 cm³/mol. The van der Waals surface area contributed by atoms with Gasteiger partial charge in [-0.3, -0.25) is 14.5 Å². The first-order valence-electron chi connectivity index (χ1n) is 11.9. The fourth-order valence-corrected chi connectivity index (χ4v) is 4.12. The molecule has 0 saturated carbocycles. The number of piperazine rings is 1. The highest BCUT2D eigenvalue weighted by Gasteiger charge is 2.26. The topological polar surface area (TPSA) is 91.0 Å². The molecule has 34 heavy (non-hydrogen) atoms. The van der Waals surface area contributed by atoms with Crippen LogP contribution in [0.2, 0.25) is 0 Å². The van der Waals surface area contributed by atoms with Gasteiger partial charge in [0.1, 0.15) is 11.6 Å². The van der Waals surface area contributed by atoms with Crippen LogP contribution in [0.3, 0.4) is 0 Å². The molecule has 0 spiro atoms. The van der Waals surface area contributed by atoms with Crippen molar-refractivity contribution in [3.8, 4) is 0 Å². The van der Waals surface area contributed by atoms with E-state index in [-0.39, 0.29) is 17.9 Å². The molecule has 1 aromatic carbocycles. The van der Waals surface area contributed by atoms with Gasteiger partial charge in [0, 0.05) is 38.3 Å². The van der Waals surface area contributed by atoms with Gasteiger partial charge in [0.15, 0.2) is 0 Å². The zero-order valence-corrected chi connectivity index (χ0v) is 22.0. The Kier molecular flexibility index (Phi) is 11.2. The number of carbonyl (C=O) groups is 3. The molecule has 1 aliphatic heterocycles. The lowest BCUT2D eigenvalue weighted by molar-refractivity contribution is -0.123. The van der Waals surface area contributed by atoms with Gasteiger partial charge in [-0.15, -0.1) is 0 Å². The van der Waals surface area contributed by atoms with E-state index in [2.05, 4.69) is 15.5 Å². The second-order valence-electron chi connectivity index (χ2n) is 9.63. The summed E-state index contributed by atoms with van der Waals surface area (Å²) in [5.41, 5.74) is 1.08. The first-order chi connectivity index (χ1) is 16.1. The molecule has 0 aliphatic carbocycles. The van der Waals surface area contributed by atoms with Gasteiger partial charge in [0.2, 0.25) is 5.91 Å². The number of hydrogen-bond acceptors (Lipinski definition) is 6. The standard InChI is InChI=1S/C25H40N4O4S/c1-19-8-6-9-20(18-19)22(30)27-21(10-17-34-5)23(31)26-11-7-12-28-13-15-29(16-14-28)24(32)33-25(2,3)4/h6,8-9,18,21H,7,10-17H2,1-5H3,(H,26,31)(H,27,30). The summed E-state index contributed by atoms with van der Waals surface area (Å²) in [7, 11) is 0. The number of nitrogens with zero attached hydrogens (tertiary/aromatic N) is 2. The molecule has 1 unspecified atom stereocenters. The van der Waals surface area contributed by atoms with Crippen molar-refractivity contribution in [1.82, 2.24) is 20.4 Å². The Balaban J connectivity index is 1.73. The molecule has 0 radical (unpaired) electrons. The van der Waals surface area contributed by atoms with Crippen LogP contribution in [-0.4, -0.2) is 90.6 Å². The first kappa shape index (κ1) is 28.0. The van der Waals surface area contributed by atoms with E-state index in [0.717, 1.165) is 37.4 Å². The molecule has 1 heterocycles. The lowest BCUT2D eigenvalue weighted by atomic mass is 10.1. The molecule has 1 fully saturated rings. The van der Waals surface area contributed by atoms with Crippen molar-refractivity contribution in [2.75, 3.05) is 51.3 Å². The van der Waals surface area contributed by atoms with Crippen LogP contribution in [-0.2, 0) is 9.53 Å². The summed E-state index contributed by atoms with van der Waals surface area (Å²) >= 11 is 1.65. The molecule has 0 bridgehead atoms. The van der Waals surface area contributed by atoms with Gasteiger partial charge in [-0.2, -0.15) is 11.8 Å². The molecule has 1 saturated heterocycles. The van der Waals surface area contributed by atoms with E-state index in [0.29, 0.717) is 31.6 Å². The average Bonchev–Trinajstić information content (AvgIpc) is 2.78. The van der Waals surface area contributed by atoms with Crippen LogP contribution in [0, 0.1) is 6.92 Å². The largest absolute Gasteiger partial charge is 0.444 e. The van der Waals surface area contributed by atoms with Gasteiger partial charge in [-0.25, -0.2) is 4.79 Å². The van der Waals surface area contributed by atoms with Crippen molar-refractivity contribution in [2.24, 2.45) is 0 Å².